The zero-order chi connectivity index (χ0) is 21.9. The molecule has 0 aliphatic carbocycles. The monoisotopic (exact) mass is 422 g/mol. The van der Waals surface area contributed by atoms with Crippen molar-refractivity contribution in [1.29, 1.82) is 0 Å². The Morgan fingerprint density at radius 1 is 0.545 bits per heavy atom. The van der Waals surface area contributed by atoms with E-state index in [0.717, 1.165) is 43.6 Å². The van der Waals surface area contributed by atoms with Crippen LogP contribution >= 0.6 is 0 Å². The van der Waals surface area contributed by atoms with E-state index in [1.54, 1.807) is 24.8 Å². The molecule has 0 aliphatic rings. The van der Waals surface area contributed by atoms with Gasteiger partial charge in [-0.25, -0.2) is 19.9 Å². The molecule has 0 saturated carbocycles. The minimum absolute atomic E-state index is 0.577. The van der Waals surface area contributed by atoms with Crippen LogP contribution in [0.25, 0.3) is 55.5 Å². The Morgan fingerprint density at radius 3 is 1.70 bits per heavy atom. The Balaban J connectivity index is 1.81. The Kier molecular flexibility index (Phi) is 3.70. The lowest BCUT2D eigenvalue weighted by Gasteiger charge is -2.10. The SMILES string of the molecule is [B]c1cc2c3ccccc3n(-c3ncccn3)c2c2c3ccccc3n(-c3ncccn3)c12. The number of aromatic nitrogens is 6. The van der Waals surface area contributed by atoms with E-state index in [2.05, 4.69) is 48.8 Å². The van der Waals surface area contributed by atoms with Crippen molar-refractivity contribution in [3.05, 3.63) is 91.5 Å². The van der Waals surface area contributed by atoms with Crippen LogP contribution in [0.3, 0.4) is 0 Å². The Hall–Kier alpha value is -4.52. The summed E-state index contributed by atoms with van der Waals surface area (Å²) >= 11 is 0. The Bertz CT molecular complexity index is 1820. The van der Waals surface area contributed by atoms with E-state index >= 15 is 0 Å². The van der Waals surface area contributed by atoms with E-state index in [1.807, 2.05) is 47.0 Å². The zero-order valence-electron chi connectivity index (χ0n) is 17.4. The maximum atomic E-state index is 6.75. The molecule has 7 rings (SSSR count). The molecular weight excluding hydrogens is 407 g/mol. The summed E-state index contributed by atoms with van der Waals surface area (Å²) in [5.41, 5.74) is 4.56. The van der Waals surface area contributed by atoms with Crippen molar-refractivity contribution in [3.8, 4) is 11.9 Å². The van der Waals surface area contributed by atoms with Crippen LogP contribution in [-0.2, 0) is 0 Å². The topological polar surface area (TPSA) is 61.4 Å². The van der Waals surface area contributed by atoms with Gasteiger partial charge in [0.15, 0.2) is 0 Å². The van der Waals surface area contributed by atoms with Gasteiger partial charge in [-0.05, 0) is 24.3 Å². The fourth-order valence-electron chi connectivity index (χ4n) is 4.86. The van der Waals surface area contributed by atoms with Crippen molar-refractivity contribution in [1.82, 2.24) is 29.1 Å². The van der Waals surface area contributed by atoms with Crippen LogP contribution in [0, 0.1) is 0 Å². The van der Waals surface area contributed by atoms with E-state index in [9.17, 15) is 0 Å². The van der Waals surface area contributed by atoms with Gasteiger partial charge in [0, 0.05) is 46.3 Å². The molecule has 0 amide bonds. The van der Waals surface area contributed by atoms with Gasteiger partial charge in [0.1, 0.15) is 7.85 Å². The number of para-hydroxylation sites is 2. The summed E-state index contributed by atoms with van der Waals surface area (Å²) in [4.78, 5) is 18.2. The third-order valence-corrected chi connectivity index (χ3v) is 6.10. The van der Waals surface area contributed by atoms with E-state index < -0.39 is 0 Å². The molecule has 7 aromatic rings. The molecule has 152 valence electrons. The summed E-state index contributed by atoms with van der Waals surface area (Å²) in [5.74, 6) is 1.19. The van der Waals surface area contributed by atoms with Crippen LogP contribution < -0.4 is 5.46 Å². The maximum absolute atomic E-state index is 6.75. The minimum atomic E-state index is 0.577. The summed E-state index contributed by atoms with van der Waals surface area (Å²) in [6, 6.07) is 22.2. The van der Waals surface area contributed by atoms with Crippen LogP contribution in [0.4, 0.5) is 0 Å². The maximum Gasteiger partial charge on any atom is 0.234 e. The molecule has 0 bridgehead atoms. The fraction of sp³-hybridized carbons (Fsp3) is 0. The number of fused-ring (bicyclic) bond motifs is 7. The first-order chi connectivity index (χ1) is 16.3. The molecule has 0 atom stereocenters. The normalized spacial score (nSPS) is 11.8. The lowest BCUT2D eigenvalue weighted by molar-refractivity contribution is 0.987. The second-order valence-electron chi connectivity index (χ2n) is 7.89. The van der Waals surface area contributed by atoms with Gasteiger partial charge in [0.2, 0.25) is 11.9 Å². The van der Waals surface area contributed by atoms with Crippen LogP contribution in [0.2, 0.25) is 0 Å². The van der Waals surface area contributed by atoms with Crippen molar-refractivity contribution in [2.24, 2.45) is 0 Å². The second-order valence-corrected chi connectivity index (χ2v) is 7.89. The van der Waals surface area contributed by atoms with E-state index in [-0.39, 0.29) is 0 Å². The molecule has 2 radical (unpaired) electrons. The second kappa shape index (κ2) is 6.74. The molecule has 4 heterocycles. The number of hydrogen-bond donors (Lipinski definition) is 0. The third kappa shape index (κ3) is 2.44. The number of benzene rings is 3. The van der Waals surface area contributed by atoms with Crippen molar-refractivity contribution < 1.29 is 0 Å². The molecule has 0 unspecified atom stereocenters. The lowest BCUT2D eigenvalue weighted by atomic mass is 9.91. The standard InChI is InChI=1S/C26H15BN6/c27-19-15-18-16-7-1-3-9-20(16)32(25-28-11-5-12-29-25)23(18)22-17-8-2-4-10-21(17)33(24(19)22)26-30-13-6-14-31-26/h1-15H. The average Bonchev–Trinajstić information content (AvgIpc) is 3.39. The smallest absolute Gasteiger partial charge is 0.234 e. The molecule has 0 aliphatic heterocycles. The number of hydrogen-bond acceptors (Lipinski definition) is 4. The molecule has 3 aromatic carbocycles. The molecule has 6 nitrogen and oxygen atoms in total. The van der Waals surface area contributed by atoms with E-state index in [4.69, 9.17) is 7.85 Å². The fourth-order valence-corrected chi connectivity index (χ4v) is 4.86. The molecule has 0 spiro atoms. The first-order valence-corrected chi connectivity index (χ1v) is 10.6. The summed E-state index contributed by atoms with van der Waals surface area (Å²) in [6.07, 6.45) is 7.01. The van der Waals surface area contributed by atoms with Crippen molar-refractivity contribution >= 4 is 56.9 Å². The van der Waals surface area contributed by atoms with Gasteiger partial charge in [0.25, 0.3) is 0 Å². The lowest BCUT2D eigenvalue weighted by Crippen LogP contribution is -2.11. The molecular formula is C26H15BN6. The summed E-state index contributed by atoms with van der Waals surface area (Å²) in [7, 11) is 6.75. The molecule has 7 heteroatoms. The van der Waals surface area contributed by atoms with Gasteiger partial charge in [-0.15, -0.1) is 0 Å². The van der Waals surface area contributed by atoms with Gasteiger partial charge in [0.05, 0.1) is 22.1 Å². The van der Waals surface area contributed by atoms with E-state index in [0.29, 0.717) is 17.4 Å². The zero-order valence-corrected chi connectivity index (χ0v) is 17.4. The Labute approximate surface area is 189 Å². The van der Waals surface area contributed by atoms with Gasteiger partial charge in [-0.2, -0.15) is 0 Å². The van der Waals surface area contributed by atoms with Crippen molar-refractivity contribution in [2.45, 2.75) is 0 Å². The first kappa shape index (κ1) is 18.1. The Morgan fingerprint density at radius 2 is 1.06 bits per heavy atom. The predicted molar refractivity (Wildman–Crippen MR) is 132 cm³/mol. The highest BCUT2D eigenvalue weighted by Crippen LogP contribution is 2.39. The summed E-state index contributed by atoms with van der Waals surface area (Å²) in [5, 5.41) is 4.25. The molecule has 0 fully saturated rings. The molecule has 0 saturated heterocycles. The van der Waals surface area contributed by atoms with Crippen LogP contribution in [0.5, 0.6) is 0 Å². The van der Waals surface area contributed by atoms with Crippen LogP contribution in [-0.4, -0.2) is 36.9 Å². The summed E-state index contributed by atoms with van der Waals surface area (Å²) in [6.45, 7) is 0. The molecule has 0 N–H and O–H groups in total. The van der Waals surface area contributed by atoms with Crippen LogP contribution in [0.1, 0.15) is 0 Å². The quantitative estimate of drug-likeness (QED) is 0.391. The number of nitrogens with zero attached hydrogens (tertiary/aromatic N) is 6. The first-order valence-electron chi connectivity index (χ1n) is 10.6. The van der Waals surface area contributed by atoms with Crippen molar-refractivity contribution in [3.63, 3.8) is 0 Å². The van der Waals surface area contributed by atoms with Gasteiger partial charge in [-0.3, -0.25) is 9.13 Å². The minimum Gasteiger partial charge on any atom is -0.278 e. The van der Waals surface area contributed by atoms with Gasteiger partial charge in [-0.1, -0.05) is 47.9 Å². The van der Waals surface area contributed by atoms with E-state index in [1.165, 1.54) is 0 Å². The molecule has 33 heavy (non-hydrogen) atoms. The summed E-state index contributed by atoms with van der Waals surface area (Å²) < 4.78 is 4.16. The van der Waals surface area contributed by atoms with Crippen LogP contribution in [0.15, 0.2) is 91.5 Å². The highest BCUT2D eigenvalue weighted by molar-refractivity contribution is 6.44. The van der Waals surface area contributed by atoms with Gasteiger partial charge < -0.3 is 0 Å². The highest BCUT2D eigenvalue weighted by Gasteiger charge is 2.23. The molecule has 4 aromatic heterocycles. The number of rotatable bonds is 2. The largest absolute Gasteiger partial charge is 0.278 e. The predicted octanol–water partition coefficient (Wildman–Crippen LogP) is 4.25. The van der Waals surface area contributed by atoms with Crippen molar-refractivity contribution in [2.75, 3.05) is 0 Å². The highest BCUT2D eigenvalue weighted by atomic mass is 15.2. The third-order valence-electron chi connectivity index (χ3n) is 6.10. The van der Waals surface area contributed by atoms with Gasteiger partial charge >= 0.3 is 0 Å². The average molecular weight is 422 g/mol.